The minimum atomic E-state index is 0.161. The van der Waals surface area contributed by atoms with Crippen LogP contribution in [-0.4, -0.2) is 6.04 Å². The number of rotatable bonds is 5. The van der Waals surface area contributed by atoms with Gasteiger partial charge < -0.3 is 5.73 Å². The van der Waals surface area contributed by atoms with Gasteiger partial charge in [-0.1, -0.05) is 65.3 Å². The van der Waals surface area contributed by atoms with E-state index in [0.717, 1.165) is 17.3 Å². The first-order chi connectivity index (χ1) is 9.20. The Labute approximate surface area is 124 Å². The van der Waals surface area contributed by atoms with Crippen LogP contribution in [0.1, 0.15) is 30.4 Å². The van der Waals surface area contributed by atoms with E-state index in [2.05, 4.69) is 77.5 Å². The highest BCUT2D eigenvalue weighted by molar-refractivity contribution is 9.10. The molecule has 0 aliphatic carbocycles. The van der Waals surface area contributed by atoms with Crippen molar-refractivity contribution in [1.82, 2.24) is 0 Å². The van der Waals surface area contributed by atoms with Gasteiger partial charge >= 0.3 is 0 Å². The van der Waals surface area contributed by atoms with Gasteiger partial charge in [-0.3, -0.25) is 0 Å². The third-order valence-corrected chi connectivity index (χ3v) is 4.10. The fourth-order valence-electron chi connectivity index (χ4n) is 2.52. The van der Waals surface area contributed by atoms with Crippen LogP contribution in [0.3, 0.4) is 0 Å². The van der Waals surface area contributed by atoms with Crippen LogP contribution in [0.4, 0.5) is 0 Å². The summed E-state index contributed by atoms with van der Waals surface area (Å²) in [4.78, 5) is 0. The monoisotopic (exact) mass is 317 g/mol. The normalized spacial score (nSPS) is 14.1. The van der Waals surface area contributed by atoms with Gasteiger partial charge in [-0.2, -0.15) is 0 Å². The van der Waals surface area contributed by atoms with E-state index in [1.807, 2.05) is 0 Å². The zero-order valence-corrected chi connectivity index (χ0v) is 12.8. The summed E-state index contributed by atoms with van der Waals surface area (Å²) >= 11 is 3.46. The summed E-state index contributed by atoms with van der Waals surface area (Å²) < 4.78 is 1.11. The minimum Gasteiger partial charge on any atom is -0.327 e. The average molecular weight is 318 g/mol. The molecule has 0 aliphatic heterocycles. The summed E-state index contributed by atoms with van der Waals surface area (Å²) in [5.41, 5.74) is 9.06. The van der Waals surface area contributed by atoms with E-state index >= 15 is 0 Å². The molecule has 2 unspecified atom stereocenters. The van der Waals surface area contributed by atoms with Gasteiger partial charge in [-0.05, 0) is 42.0 Å². The molecule has 2 rings (SSSR count). The lowest BCUT2D eigenvalue weighted by Crippen LogP contribution is -2.30. The molecule has 0 fully saturated rings. The minimum absolute atomic E-state index is 0.161. The molecule has 0 aromatic heterocycles. The topological polar surface area (TPSA) is 26.0 Å². The standard InChI is InChI=1S/C17H20BrN/c1-2-16(14-6-4-3-5-7-14)17(19)12-13-8-10-15(18)11-9-13/h3-11,16-17H,2,12,19H2,1H3. The fraction of sp³-hybridized carbons (Fsp3) is 0.294. The first kappa shape index (κ1) is 14.3. The van der Waals surface area contributed by atoms with Crippen LogP contribution in [0.2, 0.25) is 0 Å². The van der Waals surface area contributed by atoms with Gasteiger partial charge in [-0.15, -0.1) is 0 Å². The summed E-state index contributed by atoms with van der Waals surface area (Å²) in [6.45, 7) is 2.21. The van der Waals surface area contributed by atoms with Crippen LogP contribution in [0.15, 0.2) is 59.1 Å². The van der Waals surface area contributed by atoms with E-state index in [4.69, 9.17) is 5.73 Å². The molecule has 2 aromatic carbocycles. The molecule has 100 valence electrons. The van der Waals surface area contributed by atoms with E-state index in [-0.39, 0.29) is 6.04 Å². The molecule has 2 heteroatoms. The molecule has 0 bridgehead atoms. The maximum Gasteiger partial charge on any atom is 0.0175 e. The van der Waals surface area contributed by atoms with Crippen LogP contribution in [-0.2, 0) is 6.42 Å². The molecule has 0 amide bonds. The summed E-state index contributed by atoms with van der Waals surface area (Å²) in [6, 6.07) is 19.2. The van der Waals surface area contributed by atoms with Crippen LogP contribution in [0.25, 0.3) is 0 Å². The molecule has 0 aliphatic rings. The van der Waals surface area contributed by atoms with Crippen molar-refractivity contribution in [3.63, 3.8) is 0 Å². The predicted molar refractivity (Wildman–Crippen MR) is 85.3 cm³/mol. The smallest absolute Gasteiger partial charge is 0.0175 e. The van der Waals surface area contributed by atoms with E-state index in [1.165, 1.54) is 11.1 Å². The van der Waals surface area contributed by atoms with Crippen molar-refractivity contribution in [3.05, 3.63) is 70.2 Å². The number of nitrogens with two attached hydrogens (primary N) is 1. The van der Waals surface area contributed by atoms with Crippen molar-refractivity contribution in [2.24, 2.45) is 5.73 Å². The molecule has 0 spiro atoms. The molecule has 19 heavy (non-hydrogen) atoms. The molecule has 1 nitrogen and oxygen atoms in total. The van der Waals surface area contributed by atoms with Gasteiger partial charge in [-0.25, -0.2) is 0 Å². The van der Waals surface area contributed by atoms with Gasteiger partial charge in [0.1, 0.15) is 0 Å². The molecule has 0 radical (unpaired) electrons. The Morgan fingerprint density at radius 2 is 1.63 bits per heavy atom. The summed E-state index contributed by atoms with van der Waals surface area (Å²) in [5.74, 6) is 0.421. The van der Waals surface area contributed by atoms with Crippen molar-refractivity contribution in [3.8, 4) is 0 Å². The first-order valence-corrected chi connectivity index (χ1v) is 7.55. The fourth-order valence-corrected chi connectivity index (χ4v) is 2.79. The molecular formula is C17H20BrN. The van der Waals surface area contributed by atoms with E-state index < -0.39 is 0 Å². The van der Waals surface area contributed by atoms with Crippen molar-refractivity contribution >= 4 is 15.9 Å². The van der Waals surface area contributed by atoms with Crippen LogP contribution in [0.5, 0.6) is 0 Å². The second-order valence-corrected chi connectivity index (χ2v) is 5.84. The second kappa shape index (κ2) is 6.88. The Morgan fingerprint density at radius 3 is 2.21 bits per heavy atom. The van der Waals surface area contributed by atoms with Gasteiger partial charge in [0.15, 0.2) is 0 Å². The molecule has 2 N–H and O–H groups in total. The van der Waals surface area contributed by atoms with Crippen molar-refractivity contribution < 1.29 is 0 Å². The lowest BCUT2D eigenvalue weighted by Gasteiger charge is -2.23. The van der Waals surface area contributed by atoms with E-state index in [1.54, 1.807) is 0 Å². The van der Waals surface area contributed by atoms with E-state index in [0.29, 0.717) is 5.92 Å². The molecule has 0 heterocycles. The van der Waals surface area contributed by atoms with Crippen LogP contribution < -0.4 is 5.73 Å². The quantitative estimate of drug-likeness (QED) is 0.862. The summed E-state index contributed by atoms with van der Waals surface area (Å²) in [6.07, 6.45) is 1.99. The predicted octanol–water partition coefficient (Wildman–Crippen LogP) is 4.51. The zero-order chi connectivity index (χ0) is 13.7. The number of halogens is 1. The molecule has 0 saturated heterocycles. The molecule has 2 atom stereocenters. The second-order valence-electron chi connectivity index (χ2n) is 4.92. The van der Waals surface area contributed by atoms with Gasteiger partial charge in [0.2, 0.25) is 0 Å². The third kappa shape index (κ3) is 3.92. The lowest BCUT2D eigenvalue weighted by molar-refractivity contribution is 0.515. The summed E-state index contributed by atoms with van der Waals surface area (Å²) in [5, 5.41) is 0. The van der Waals surface area contributed by atoms with Crippen molar-refractivity contribution in [2.45, 2.75) is 31.7 Å². The highest BCUT2D eigenvalue weighted by Crippen LogP contribution is 2.24. The van der Waals surface area contributed by atoms with Gasteiger partial charge in [0.05, 0.1) is 0 Å². The Hall–Kier alpha value is -1.12. The average Bonchev–Trinajstić information content (AvgIpc) is 2.43. The largest absolute Gasteiger partial charge is 0.327 e. The van der Waals surface area contributed by atoms with Crippen LogP contribution >= 0.6 is 15.9 Å². The van der Waals surface area contributed by atoms with Crippen LogP contribution in [0, 0.1) is 0 Å². The Kier molecular flexibility index (Phi) is 5.17. The SMILES string of the molecule is CCC(c1ccccc1)C(N)Cc1ccc(Br)cc1. The highest BCUT2D eigenvalue weighted by Gasteiger charge is 2.18. The molecule has 2 aromatic rings. The lowest BCUT2D eigenvalue weighted by atomic mass is 9.86. The molecule has 0 saturated carbocycles. The number of benzene rings is 2. The number of hydrogen-bond donors (Lipinski definition) is 1. The molecular weight excluding hydrogens is 298 g/mol. The van der Waals surface area contributed by atoms with Crippen molar-refractivity contribution in [1.29, 1.82) is 0 Å². The maximum absolute atomic E-state index is 6.42. The van der Waals surface area contributed by atoms with E-state index in [9.17, 15) is 0 Å². The van der Waals surface area contributed by atoms with Gasteiger partial charge in [0.25, 0.3) is 0 Å². The maximum atomic E-state index is 6.42. The highest BCUT2D eigenvalue weighted by atomic mass is 79.9. The third-order valence-electron chi connectivity index (χ3n) is 3.57. The summed E-state index contributed by atoms with van der Waals surface area (Å²) in [7, 11) is 0. The first-order valence-electron chi connectivity index (χ1n) is 6.75. The number of hydrogen-bond acceptors (Lipinski definition) is 1. The zero-order valence-electron chi connectivity index (χ0n) is 11.2. The Morgan fingerprint density at radius 1 is 1.00 bits per heavy atom. The van der Waals surface area contributed by atoms with Gasteiger partial charge in [0, 0.05) is 10.5 Å². The Balaban J connectivity index is 2.09. The van der Waals surface area contributed by atoms with Crippen molar-refractivity contribution in [2.75, 3.05) is 0 Å². The Bertz CT molecular complexity index is 492.